The highest BCUT2D eigenvalue weighted by molar-refractivity contribution is 7.16. The van der Waals surface area contributed by atoms with E-state index >= 15 is 0 Å². The lowest BCUT2D eigenvalue weighted by Crippen LogP contribution is -2.46. The first-order chi connectivity index (χ1) is 21.1. The van der Waals surface area contributed by atoms with Crippen molar-refractivity contribution in [1.29, 1.82) is 0 Å². The molecule has 1 fully saturated rings. The fraction of sp³-hybridized carbons (Fsp3) is 0.303. The largest absolute Gasteiger partial charge is 0.497 e. The highest BCUT2D eigenvalue weighted by atomic mass is 32.1. The maximum atomic E-state index is 6.31. The average molecular weight is 595 g/mol. The molecule has 0 bridgehead atoms. The molecule has 2 aromatic carbocycles. The van der Waals surface area contributed by atoms with Gasteiger partial charge in [0.15, 0.2) is 5.76 Å². The van der Waals surface area contributed by atoms with Gasteiger partial charge in [0.2, 0.25) is 4.96 Å². The van der Waals surface area contributed by atoms with Crippen LogP contribution in [0.25, 0.3) is 38.6 Å². The predicted octanol–water partition coefficient (Wildman–Crippen LogP) is 6.69. The van der Waals surface area contributed by atoms with Crippen LogP contribution in [0.15, 0.2) is 71.4 Å². The van der Waals surface area contributed by atoms with Crippen molar-refractivity contribution < 1.29 is 13.9 Å². The summed E-state index contributed by atoms with van der Waals surface area (Å²) in [6.45, 7) is 10.0. The smallest absolute Gasteiger partial charge is 0.212 e. The highest BCUT2D eigenvalue weighted by Gasteiger charge is 2.18. The zero-order chi connectivity index (χ0) is 29.3. The lowest BCUT2D eigenvalue weighted by molar-refractivity contribution is 0.258. The summed E-state index contributed by atoms with van der Waals surface area (Å²) in [6, 6.07) is 18.3. The first kappa shape index (κ1) is 27.4. The molecule has 1 aliphatic rings. The van der Waals surface area contributed by atoms with Gasteiger partial charge in [0.25, 0.3) is 0 Å². The number of furan rings is 1. The van der Waals surface area contributed by atoms with Crippen molar-refractivity contribution in [3.63, 3.8) is 0 Å². The number of hydrogen-bond acceptors (Lipinski definition) is 9. The van der Waals surface area contributed by atoms with Crippen molar-refractivity contribution in [1.82, 2.24) is 24.5 Å². The molecule has 0 atom stereocenters. The van der Waals surface area contributed by atoms with Gasteiger partial charge >= 0.3 is 0 Å². The lowest BCUT2D eigenvalue weighted by atomic mass is 10.1. The minimum Gasteiger partial charge on any atom is -0.497 e. The molecule has 0 aliphatic carbocycles. The fourth-order valence-corrected chi connectivity index (χ4v) is 6.39. The van der Waals surface area contributed by atoms with Crippen LogP contribution >= 0.6 is 11.3 Å². The number of aryl methyl sites for hydroxylation is 1. The van der Waals surface area contributed by atoms with Gasteiger partial charge in [0.05, 0.1) is 30.9 Å². The number of methoxy groups -OCH3 is 1. The molecule has 5 heterocycles. The first-order valence-corrected chi connectivity index (χ1v) is 15.5. The molecule has 0 N–H and O–H groups in total. The maximum Gasteiger partial charge on any atom is 0.212 e. The van der Waals surface area contributed by atoms with Crippen molar-refractivity contribution in [2.75, 3.05) is 44.7 Å². The molecule has 6 aromatic rings. The van der Waals surface area contributed by atoms with E-state index in [4.69, 9.17) is 23.9 Å². The Hall–Kier alpha value is -4.41. The lowest BCUT2D eigenvalue weighted by Gasteiger charge is -2.35. The van der Waals surface area contributed by atoms with Gasteiger partial charge in [-0.25, -0.2) is 9.50 Å². The monoisotopic (exact) mass is 594 g/mol. The molecule has 7 rings (SSSR count). The first-order valence-electron chi connectivity index (χ1n) is 14.7. The second-order valence-electron chi connectivity index (χ2n) is 10.8. The van der Waals surface area contributed by atoms with Gasteiger partial charge in [0.1, 0.15) is 34.4 Å². The van der Waals surface area contributed by atoms with E-state index in [9.17, 15) is 0 Å². The van der Waals surface area contributed by atoms with Gasteiger partial charge in [-0.15, -0.1) is 0 Å². The highest BCUT2D eigenvalue weighted by Crippen LogP contribution is 2.34. The number of hydrogen-bond donors (Lipinski definition) is 0. The van der Waals surface area contributed by atoms with Gasteiger partial charge in [-0.2, -0.15) is 5.10 Å². The summed E-state index contributed by atoms with van der Waals surface area (Å²) in [5, 5.41) is 6.39. The number of piperazine rings is 1. The molecule has 0 amide bonds. The standard InChI is InChI=1S/C33H34N6O3S/c1-4-10-37-11-13-38(14-12-37)25-8-9-29(34-19-25)23-6-5-7-26(15-23)41-21-24-16-27(40-3)17-31-28(24)18-32(42-31)30-20-39-33(35-30)43-22(2)36-39/h5-9,15-20H,4,10-14,21H2,1-3H3. The van der Waals surface area contributed by atoms with Gasteiger partial charge in [-0.3, -0.25) is 9.88 Å². The Morgan fingerprint density at radius 1 is 0.977 bits per heavy atom. The summed E-state index contributed by atoms with van der Waals surface area (Å²) in [5.41, 5.74) is 5.54. The second-order valence-corrected chi connectivity index (χ2v) is 12.0. The molecule has 43 heavy (non-hydrogen) atoms. The molecular weight excluding hydrogens is 560 g/mol. The molecule has 1 aliphatic heterocycles. The number of anilines is 1. The number of fused-ring (bicyclic) bond motifs is 2. The summed E-state index contributed by atoms with van der Waals surface area (Å²) in [7, 11) is 1.65. The number of ether oxygens (including phenoxy) is 2. The van der Waals surface area contributed by atoms with Crippen LogP contribution < -0.4 is 14.4 Å². The van der Waals surface area contributed by atoms with Crippen LogP contribution in [0, 0.1) is 6.92 Å². The zero-order valence-electron chi connectivity index (χ0n) is 24.6. The zero-order valence-corrected chi connectivity index (χ0v) is 25.4. The van der Waals surface area contributed by atoms with E-state index in [0.717, 1.165) is 75.4 Å². The molecule has 9 nitrogen and oxygen atoms in total. The molecule has 0 radical (unpaired) electrons. The SMILES string of the molecule is CCCN1CCN(c2ccc(-c3cccc(OCc4cc(OC)cc5oc(-c6cn7nc(C)sc7n6)cc45)c3)nc2)CC1. The minimum atomic E-state index is 0.353. The summed E-state index contributed by atoms with van der Waals surface area (Å²) < 4.78 is 19.9. The Balaban J connectivity index is 1.08. The number of imidazole rings is 1. The Labute approximate surface area is 254 Å². The predicted molar refractivity (Wildman–Crippen MR) is 170 cm³/mol. The van der Waals surface area contributed by atoms with E-state index in [1.54, 1.807) is 23.0 Å². The summed E-state index contributed by atoms with van der Waals surface area (Å²) in [6.07, 6.45) is 5.09. The summed E-state index contributed by atoms with van der Waals surface area (Å²) >= 11 is 1.55. The third kappa shape index (κ3) is 5.68. The van der Waals surface area contributed by atoms with Crippen molar-refractivity contribution in [2.24, 2.45) is 0 Å². The number of pyridine rings is 1. The van der Waals surface area contributed by atoms with Gasteiger partial charge < -0.3 is 18.8 Å². The van der Waals surface area contributed by atoms with Crippen molar-refractivity contribution >= 4 is 33.0 Å². The van der Waals surface area contributed by atoms with Gasteiger partial charge in [-0.05, 0) is 56.3 Å². The van der Waals surface area contributed by atoms with Crippen molar-refractivity contribution in [2.45, 2.75) is 26.9 Å². The van der Waals surface area contributed by atoms with Crippen LogP contribution in [0.3, 0.4) is 0 Å². The number of rotatable bonds is 9. The Morgan fingerprint density at radius 3 is 2.63 bits per heavy atom. The number of aromatic nitrogens is 4. The van der Waals surface area contributed by atoms with E-state index < -0.39 is 0 Å². The van der Waals surface area contributed by atoms with Crippen LogP contribution in [0.1, 0.15) is 23.9 Å². The van der Waals surface area contributed by atoms with Gasteiger partial charge in [0, 0.05) is 48.8 Å². The van der Waals surface area contributed by atoms with Gasteiger partial charge in [-0.1, -0.05) is 30.4 Å². The van der Waals surface area contributed by atoms with Crippen LogP contribution in [0.5, 0.6) is 11.5 Å². The third-order valence-corrected chi connectivity index (χ3v) is 8.72. The van der Waals surface area contributed by atoms with Crippen LogP contribution in [0.2, 0.25) is 0 Å². The van der Waals surface area contributed by atoms with Crippen LogP contribution in [-0.2, 0) is 6.61 Å². The Morgan fingerprint density at radius 2 is 1.86 bits per heavy atom. The molecule has 1 saturated heterocycles. The molecule has 4 aromatic heterocycles. The van der Waals surface area contributed by atoms with E-state index in [-0.39, 0.29) is 0 Å². The second kappa shape index (κ2) is 11.7. The van der Waals surface area contributed by atoms with E-state index in [2.05, 4.69) is 40.0 Å². The van der Waals surface area contributed by atoms with Crippen molar-refractivity contribution in [3.8, 4) is 34.2 Å². The van der Waals surface area contributed by atoms with E-state index in [1.807, 2.05) is 55.7 Å². The topological polar surface area (TPSA) is 81.2 Å². The number of nitrogens with zero attached hydrogens (tertiary/aromatic N) is 6. The van der Waals surface area contributed by atoms with Crippen LogP contribution in [-0.4, -0.2) is 64.3 Å². The Bertz CT molecular complexity index is 1840. The molecular formula is C33H34N6O3S. The van der Waals surface area contributed by atoms with Crippen LogP contribution in [0.4, 0.5) is 5.69 Å². The summed E-state index contributed by atoms with van der Waals surface area (Å²) in [4.78, 5) is 15.3. The average Bonchev–Trinajstić information content (AvgIpc) is 3.73. The van der Waals surface area contributed by atoms with E-state index in [0.29, 0.717) is 18.1 Å². The third-order valence-electron chi connectivity index (χ3n) is 7.88. The Kier molecular flexibility index (Phi) is 7.46. The molecule has 220 valence electrons. The van der Waals surface area contributed by atoms with E-state index in [1.165, 1.54) is 18.7 Å². The molecule has 10 heteroatoms. The fourth-order valence-electron chi connectivity index (χ4n) is 5.66. The normalized spacial score (nSPS) is 14.2. The minimum absolute atomic E-state index is 0.353. The van der Waals surface area contributed by atoms with Crippen molar-refractivity contribution in [3.05, 3.63) is 77.6 Å². The maximum absolute atomic E-state index is 6.31. The molecule has 0 unspecified atom stereocenters. The number of benzene rings is 2. The molecule has 0 spiro atoms. The summed E-state index contributed by atoms with van der Waals surface area (Å²) in [5.74, 6) is 2.16. The quantitative estimate of drug-likeness (QED) is 0.183. The molecule has 0 saturated carbocycles.